The number of hydrogen-bond acceptors (Lipinski definition) is 18. The first kappa shape index (κ1) is 54.2. The van der Waals surface area contributed by atoms with Gasteiger partial charge in [0.2, 0.25) is 12.4 Å². The summed E-state index contributed by atoms with van der Waals surface area (Å²) in [6, 6.07) is 0. The summed E-state index contributed by atoms with van der Waals surface area (Å²) in [4.78, 5) is 91.0. The minimum atomic E-state index is -2.01. The van der Waals surface area contributed by atoms with Gasteiger partial charge in [0, 0.05) is 20.8 Å². The van der Waals surface area contributed by atoms with Gasteiger partial charge in [0.25, 0.3) is 0 Å². The Labute approximate surface area is 406 Å². The topological polar surface area (TPSA) is 221 Å². The minimum absolute atomic E-state index is 0.0759. The smallest absolute Gasteiger partial charge is 0.352 e. The Kier molecular flexibility index (Phi) is 15.8. The van der Waals surface area contributed by atoms with Crippen LogP contribution in [-0.4, -0.2) is 126 Å². The highest BCUT2D eigenvalue weighted by molar-refractivity contribution is 5.80. The molecule has 69 heavy (non-hydrogen) atoms. The summed E-state index contributed by atoms with van der Waals surface area (Å²) in [5.74, 6) is -5.34. The van der Waals surface area contributed by atoms with E-state index in [1.54, 1.807) is 0 Å². The van der Waals surface area contributed by atoms with Crippen LogP contribution in [0, 0.1) is 50.2 Å². The van der Waals surface area contributed by atoms with E-state index in [9.17, 15) is 33.6 Å². The molecule has 0 amide bonds. The number of hydrogen-bond donors (Lipinski definition) is 0. The second-order valence-corrected chi connectivity index (χ2v) is 22.4. The molecule has 1 heterocycles. The maximum atomic E-state index is 13.8. The Morgan fingerprint density at radius 3 is 1.96 bits per heavy atom. The number of methoxy groups -OCH3 is 4. The van der Waals surface area contributed by atoms with Crippen LogP contribution in [0.4, 0.5) is 0 Å². The fourth-order valence-corrected chi connectivity index (χ4v) is 14.3. The molecule has 5 fully saturated rings. The van der Waals surface area contributed by atoms with Gasteiger partial charge in [-0.05, 0) is 109 Å². The van der Waals surface area contributed by atoms with Crippen molar-refractivity contribution >= 4 is 41.8 Å². The first-order chi connectivity index (χ1) is 32.2. The van der Waals surface area contributed by atoms with Crippen LogP contribution < -0.4 is 0 Å². The number of esters is 7. The Balaban J connectivity index is 1.36. The highest BCUT2D eigenvalue weighted by atomic mass is 16.8. The van der Waals surface area contributed by atoms with Gasteiger partial charge in [-0.15, -0.1) is 0 Å². The molecule has 4 saturated carbocycles. The summed E-state index contributed by atoms with van der Waals surface area (Å²) in [6.07, 6.45) is -2.10. The molecule has 6 rings (SSSR count). The summed E-state index contributed by atoms with van der Waals surface area (Å²) >= 11 is 0. The van der Waals surface area contributed by atoms with Gasteiger partial charge in [0.1, 0.15) is 12.7 Å². The molecule has 18 nitrogen and oxygen atoms in total. The van der Waals surface area contributed by atoms with E-state index in [-0.39, 0.29) is 39.5 Å². The maximum Gasteiger partial charge on any atom is 0.352 e. The summed E-state index contributed by atoms with van der Waals surface area (Å²) < 4.78 is 62.4. The van der Waals surface area contributed by atoms with Crippen molar-refractivity contribution in [1.82, 2.24) is 0 Å². The van der Waals surface area contributed by atoms with Crippen molar-refractivity contribution in [2.45, 2.75) is 183 Å². The molecule has 0 bridgehead atoms. The van der Waals surface area contributed by atoms with Crippen molar-refractivity contribution in [2.75, 3.05) is 35.0 Å². The van der Waals surface area contributed by atoms with Crippen molar-refractivity contribution in [2.24, 2.45) is 50.2 Å². The maximum absolute atomic E-state index is 13.8. The molecule has 1 unspecified atom stereocenters. The van der Waals surface area contributed by atoms with Crippen molar-refractivity contribution in [3.63, 3.8) is 0 Å². The molecule has 0 spiro atoms. The molecule has 18 heteroatoms. The molecule has 0 N–H and O–H groups in total. The van der Waals surface area contributed by atoms with Gasteiger partial charge in [-0.25, -0.2) is 14.4 Å². The highest BCUT2D eigenvalue weighted by Crippen LogP contribution is 2.76. The summed E-state index contributed by atoms with van der Waals surface area (Å²) in [6.45, 7) is 18.7. The lowest BCUT2D eigenvalue weighted by molar-refractivity contribution is -0.347. The minimum Gasteiger partial charge on any atom is -0.469 e. The van der Waals surface area contributed by atoms with Crippen LogP contribution in [0.3, 0.4) is 0 Å². The van der Waals surface area contributed by atoms with Gasteiger partial charge in [-0.3, -0.25) is 19.2 Å². The SMILES string of the molecule is COC(=O)CO[C@@H](O[C@@H]1[C@@H](OC(C)=O)[C@H](O[C@H]2CC[C@@]3(C)C(CC[C@]4(C)[C@@H]3CC=C3[C@@H]5CC(C)(C)CC[C@]5(C(=O)OC)CC[C@]34C)C2(C)C)O[C@H](C(=O)OC)[C@H]1OC(C)=O)[C@H](OC(C)=O)C(=O)OC. The summed E-state index contributed by atoms with van der Waals surface area (Å²) in [7, 11) is 4.73. The van der Waals surface area contributed by atoms with E-state index in [4.69, 9.17) is 52.1 Å². The molecule has 1 saturated heterocycles. The van der Waals surface area contributed by atoms with E-state index in [1.807, 2.05) is 0 Å². The zero-order valence-electron chi connectivity index (χ0n) is 43.1. The monoisotopic (exact) mass is 977 g/mol. The summed E-state index contributed by atoms with van der Waals surface area (Å²) in [5.41, 5.74) is 0.0978. The molecular weight excluding hydrogens is 901 g/mol. The van der Waals surface area contributed by atoms with Crippen LogP contribution in [-0.2, 0) is 85.7 Å². The molecular formula is C51H76O18. The van der Waals surface area contributed by atoms with Crippen LogP contribution in [0.1, 0.15) is 133 Å². The van der Waals surface area contributed by atoms with Gasteiger partial charge in [-0.2, -0.15) is 0 Å². The number of carbonyl (C=O) groups is 7. The normalized spacial score (nSPS) is 38.3. The number of allylic oxidation sites excluding steroid dienone is 2. The van der Waals surface area contributed by atoms with Crippen molar-refractivity contribution < 1.29 is 85.7 Å². The molecule has 0 aromatic heterocycles. The highest BCUT2D eigenvalue weighted by Gasteiger charge is 2.70. The van der Waals surface area contributed by atoms with Crippen molar-refractivity contribution in [3.05, 3.63) is 11.6 Å². The van der Waals surface area contributed by atoms with E-state index in [0.29, 0.717) is 12.3 Å². The van der Waals surface area contributed by atoms with Crippen LogP contribution >= 0.6 is 0 Å². The molecule has 6 aliphatic rings. The van der Waals surface area contributed by atoms with E-state index in [0.717, 1.165) is 99.9 Å². The Morgan fingerprint density at radius 2 is 1.36 bits per heavy atom. The number of carbonyl (C=O) groups excluding carboxylic acids is 7. The fraction of sp³-hybridized carbons (Fsp3) is 0.824. The number of ether oxygens (including phenoxy) is 11. The fourth-order valence-electron chi connectivity index (χ4n) is 14.3. The molecule has 15 atom stereocenters. The average molecular weight is 977 g/mol. The van der Waals surface area contributed by atoms with E-state index in [1.165, 1.54) is 12.7 Å². The third kappa shape index (κ3) is 9.81. The third-order valence-electron chi connectivity index (χ3n) is 17.9. The lowest BCUT2D eigenvalue weighted by atomic mass is 9.33. The standard InChI is InChI=1S/C51H76O18/c1-27(52)64-36-37(68-43(63-26-35(55)59-11)40(42(57)61-13)66-29(3)54)39(65-28(2)53)44(69-38(36)41(56)60-12)67-34-18-19-48(8)32(47(34,6)7)17-20-50(10)33(48)16-15-30-31-25-46(4,5)21-23-51(31,45(58)62-14)24-22-49(30,50)9/h15,31-34,36-40,43-44H,16-26H2,1-14H3/t31-,32?,33+,34-,36-,37-,38-,39+,40+,43-,44+,48-,49+,50+,51-/m0/s1. The molecule has 0 aromatic carbocycles. The van der Waals surface area contributed by atoms with Crippen LogP contribution in [0.5, 0.6) is 0 Å². The predicted octanol–water partition coefficient (Wildman–Crippen LogP) is 6.11. The molecule has 0 aromatic rings. The van der Waals surface area contributed by atoms with Crippen LogP contribution in [0.15, 0.2) is 11.6 Å². The Morgan fingerprint density at radius 1 is 0.710 bits per heavy atom. The lowest BCUT2D eigenvalue weighted by Gasteiger charge is -2.71. The molecule has 0 radical (unpaired) electrons. The Bertz CT molecular complexity index is 2030. The zero-order chi connectivity index (χ0) is 51.2. The first-order valence-corrected chi connectivity index (χ1v) is 24.3. The number of fused-ring (bicyclic) bond motifs is 7. The predicted molar refractivity (Wildman–Crippen MR) is 242 cm³/mol. The van der Waals surface area contributed by atoms with E-state index in [2.05, 4.69) is 54.5 Å². The second-order valence-electron chi connectivity index (χ2n) is 22.4. The van der Waals surface area contributed by atoms with Gasteiger partial charge in [0.05, 0.1) is 40.0 Å². The zero-order valence-corrected chi connectivity index (χ0v) is 43.1. The lowest BCUT2D eigenvalue weighted by Crippen LogP contribution is -2.67. The largest absolute Gasteiger partial charge is 0.469 e. The van der Waals surface area contributed by atoms with Gasteiger partial charge in [-0.1, -0.05) is 60.1 Å². The Hall–Kier alpha value is -4.13. The van der Waals surface area contributed by atoms with Crippen molar-refractivity contribution in [3.8, 4) is 0 Å². The quantitative estimate of drug-likeness (QED) is 0.0630. The summed E-state index contributed by atoms with van der Waals surface area (Å²) in [5, 5.41) is 0. The molecule has 388 valence electrons. The first-order valence-electron chi connectivity index (χ1n) is 24.3. The molecule has 5 aliphatic carbocycles. The van der Waals surface area contributed by atoms with Gasteiger partial charge in [0.15, 0.2) is 24.6 Å². The third-order valence-corrected chi connectivity index (χ3v) is 17.9. The van der Waals surface area contributed by atoms with Crippen LogP contribution in [0.2, 0.25) is 0 Å². The van der Waals surface area contributed by atoms with Crippen LogP contribution in [0.25, 0.3) is 0 Å². The number of rotatable bonds is 14. The van der Waals surface area contributed by atoms with E-state index >= 15 is 0 Å². The van der Waals surface area contributed by atoms with E-state index < -0.39 is 102 Å². The molecule has 1 aliphatic heterocycles. The van der Waals surface area contributed by atoms with Gasteiger partial charge >= 0.3 is 41.8 Å². The average Bonchev–Trinajstić information content (AvgIpc) is 3.27. The van der Waals surface area contributed by atoms with Gasteiger partial charge < -0.3 is 52.1 Å². The second kappa shape index (κ2) is 20.2. The van der Waals surface area contributed by atoms with Crippen molar-refractivity contribution in [1.29, 1.82) is 0 Å².